The summed E-state index contributed by atoms with van der Waals surface area (Å²) in [5.41, 5.74) is 3.47. The maximum atomic E-state index is 12.9. The summed E-state index contributed by atoms with van der Waals surface area (Å²) < 4.78 is 5.02. The average molecular weight is 409 g/mol. The van der Waals surface area contributed by atoms with Gasteiger partial charge < -0.3 is 20.1 Å². The quantitative estimate of drug-likeness (QED) is 0.578. The topological polar surface area (TPSA) is 117 Å². The van der Waals surface area contributed by atoms with Gasteiger partial charge in [0, 0.05) is 50.8 Å². The first kappa shape index (κ1) is 19.0. The lowest BCUT2D eigenvalue weighted by atomic mass is 9.78. The molecule has 2 fully saturated rings. The molecule has 2 aromatic rings. The van der Waals surface area contributed by atoms with E-state index in [1.165, 1.54) is 0 Å². The number of fused-ring (bicyclic) bond motifs is 1. The molecule has 5 rings (SSSR count). The number of carbonyl (C=O) groups excluding carboxylic acids is 3. The molecule has 4 heterocycles. The Morgan fingerprint density at radius 1 is 1.23 bits per heavy atom. The molecule has 3 amide bonds. The van der Waals surface area contributed by atoms with Gasteiger partial charge in [0.15, 0.2) is 0 Å². The summed E-state index contributed by atoms with van der Waals surface area (Å²) in [6.45, 7) is 3.40. The standard InChI is InChI=1S/C21H23N5O4/c27-18-5-4-16(19(28)24-18)26-9-15-13(2-1-3-14(15)20(26)29)8-22-10-21(11-23-12-21)17-6-7-30-25-17/h1-3,6-7,16,22-23H,4-5,8-12H2,(H,24,27,28). The fourth-order valence-electron chi connectivity index (χ4n) is 4.56. The molecule has 9 heteroatoms. The summed E-state index contributed by atoms with van der Waals surface area (Å²) in [5, 5.41) is 13.3. The van der Waals surface area contributed by atoms with Gasteiger partial charge in [0.05, 0.1) is 11.1 Å². The van der Waals surface area contributed by atoms with E-state index in [0.717, 1.165) is 36.5 Å². The number of rotatable bonds is 6. The van der Waals surface area contributed by atoms with Crippen molar-refractivity contribution in [3.63, 3.8) is 0 Å². The largest absolute Gasteiger partial charge is 0.364 e. The second kappa shape index (κ2) is 7.33. The summed E-state index contributed by atoms with van der Waals surface area (Å²) in [6.07, 6.45) is 2.21. The molecule has 0 aliphatic carbocycles. The summed E-state index contributed by atoms with van der Waals surface area (Å²) in [4.78, 5) is 38.2. The number of benzene rings is 1. The van der Waals surface area contributed by atoms with Crippen LogP contribution in [0.25, 0.3) is 0 Å². The molecule has 0 radical (unpaired) electrons. The molecular weight excluding hydrogens is 386 g/mol. The Morgan fingerprint density at radius 3 is 2.80 bits per heavy atom. The number of nitrogens with one attached hydrogen (secondary N) is 3. The summed E-state index contributed by atoms with van der Waals surface area (Å²) in [5.74, 6) is -0.820. The van der Waals surface area contributed by atoms with E-state index in [4.69, 9.17) is 4.52 Å². The first-order chi connectivity index (χ1) is 14.6. The molecule has 3 aliphatic heterocycles. The van der Waals surface area contributed by atoms with Gasteiger partial charge in [-0.3, -0.25) is 19.7 Å². The second-order valence-corrected chi connectivity index (χ2v) is 8.22. The van der Waals surface area contributed by atoms with Gasteiger partial charge in [-0.2, -0.15) is 0 Å². The fraction of sp³-hybridized carbons (Fsp3) is 0.429. The smallest absolute Gasteiger partial charge is 0.255 e. The van der Waals surface area contributed by atoms with Crippen molar-refractivity contribution >= 4 is 17.7 Å². The van der Waals surface area contributed by atoms with E-state index in [-0.39, 0.29) is 29.6 Å². The van der Waals surface area contributed by atoms with Crippen LogP contribution in [0.15, 0.2) is 35.1 Å². The number of aromatic nitrogens is 1. The van der Waals surface area contributed by atoms with Crippen LogP contribution < -0.4 is 16.0 Å². The van der Waals surface area contributed by atoms with Crippen LogP contribution in [0.3, 0.4) is 0 Å². The Hall–Kier alpha value is -3.04. The maximum absolute atomic E-state index is 12.9. The van der Waals surface area contributed by atoms with Gasteiger partial charge in [-0.1, -0.05) is 17.3 Å². The van der Waals surface area contributed by atoms with Crippen molar-refractivity contribution in [1.29, 1.82) is 0 Å². The zero-order chi connectivity index (χ0) is 20.7. The van der Waals surface area contributed by atoms with Crippen LogP contribution in [0.4, 0.5) is 0 Å². The van der Waals surface area contributed by atoms with Crippen LogP contribution in [0, 0.1) is 0 Å². The molecule has 0 spiro atoms. The molecule has 1 aromatic heterocycles. The third-order valence-corrected chi connectivity index (χ3v) is 6.37. The van der Waals surface area contributed by atoms with Gasteiger partial charge in [-0.25, -0.2) is 0 Å². The lowest BCUT2D eigenvalue weighted by molar-refractivity contribution is -0.136. The van der Waals surface area contributed by atoms with Crippen molar-refractivity contribution in [3.05, 3.63) is 52.9 Å². The minimum atomic E-state index is -0.597. The molecule has 3 aliphatic rings. The SMILES string of the molecule is O=C1CCC(N2Cc3c(CNCC4(c5ccon5)CNC4)cccc3C2=O)C(=O)N1. The lowest BCUT2D eigenvalue weighted by Gasteiger charge is -2.41. The van der Waals surface area contributed by atoms with Gasteiger partial charge >= 0.3 is 0 Å². The zero-order valence-electron chi connectivity index (χ0n) is 16.4. The minimum Gasteiger partial charge on any atom is -0.364 e. The molecule has 1 atom stereocenters. The number of hydrogen-bond acceptors (Lipinski definition) is 7. The highest BCUT2D eigenvalue weighted by Crippen LogP contribution is 2.30. The van der Waals surface area contributed by atoms with Crippen molar-refractivity contribution in [2.24, 2.45) is 0 Å². The maximum Gasteiger partial charge on any atom is 0.255 e. The van der Waals surface area contributed by atoms with Crippen molar-refractivity contribution in [2.45, 2.75) is 37.4 Å². The van der Waals surface area contributed by atoms with Crippen LogP contribution in [-0.2, 0) is 28.1 Å². The predicted molar refractivity (Wildman–Crippen MR) is 105 cm³/mol. The number of amides is 3. The van der Waals surface area contributed by atoms with E-state index in [9.17, 15) is 14.4 Å². The highest BCUT2D eigenvalue weighted by Gasteiger charge is 2.41. The molecule has 3 N–H and O–H groups in total. The zero-order valence-corrected chi connectivity index (χ0v) is 16.4. The van der Waals surface area contributed by atoms with Crippen LogP contribution in [0.5, 0.6) is 0 Å². The van der Waals surface area contributed by atoms with Crippen LogP contribution in [0.2, 0.25) is 0 Å². The summed E-state index contributed by atoms with van der Waals surface area (Å²) in [6, 6.07) is 6.99. The Morgan fingerprint density at radius 2 is 2.10 bits per heavy atom. The molecular formula is C21H23N5O4. The van der Waals surface area contributed by atoms with Gasteiger partial charge in [-0.15, -0.1) is 0 Å². The normalized spacial score (nSPS) is 22.6. The minimum absolute atomic E-state index is 0.0838. The molecule has 1 aromatic carbocycles. The Kier molecular flexibility index (Phi) is 4.63. The van der Waals surface area contributed by atoms with Crippen molar-refractivity contribution in [2.75, 3.05) is 19.6 Å². The first-order valence-corrected chi connectivity index (χ1v) is 10.2. The van der Waals surface area contributed by atoms with Crippen molar-refractivity contribution in [1.82, 2.24) is 26.0 Å². The molecule has 1 unspecified atom stereocenters. The van der Waals surface area contributed by atoms with Gasteiger partial charge in [0.25, 0.3) is 5.91 Å². The van der Waals surface area contributed by atoms with E-state index in [0.29, 0.717) is 25.1 Å². The molecule has 0 bridgehead atoms. The number of carbonyl (C=O) groups is 3. The first-order valence-electron chi connectivity index (χ1n) is 10.2. The van der Waals surface area contributed by atoms with Crippen LogP contribution >= 0.6 is 0 Å². The van der Waals surface area contributed by atoms with Gasteiger partial charge in [-0.05, 0) is 23.6 Å². The third kappa shape index (κ3) is 3.10. The fourth-order valence-corrected chi connectivity index (χ4v) is 4.56. The molecule has 9 nitrogen and oxygen atoms in total. The van der Waals surface area contributed by atoms with Crippen molar-refractivity contribution in [3.8, 4) is 0 Å². The van der Waals surface area contributed by atoms with Gasteiger partial charge in [0.1, 0.15) is 12.3 Å². The van der Waals surface area contributed by atoms with Crippen molar-refractivity contribution < 1.29 is 18.9 Å². The molecule has 156 valence electrons. The highest BCUT2D eigenvalue weighted by atomic mass is 16.5. The van der Waals surface area contributed by atoms with Crippen LogP contribution in [-0.4, -0.2) is 53.5 Å². The van der Waals surface area contributed by atoms with E-state index in [1.54, 1.807) is 17.2 Å². The number of piperidine rings is 1. The number of imide groups is 1. The second-order valence-electron chi connectivity index (χ2n) is 8.22. The Bertz CT molecular complexity index is 999. The Balaban J connectivity index is 1.29. The predicted octanol–water partition coefficient (Wildman–Crippen LogP) is 0.0664. The summed E-state index contributed by atoms with van der Waals surface area (Å²) in [7, 11) is 0. The third-order valence-electron chi connectivity index (χ3n) is 6.37. The molecule has 30 heavy (non-hydrogen) atoms. The Labute approximate surface area is 173 Å². The van der Waals surface area contributed by atoms with Gasteiger partial charge in [0.2, 0.25) is 11.8 Å². The van der Waals surface area contributed by atoms with Crippen LogP contribution in [0.1, 0.15) is 40.0 Å². The molecule has 0 saturated carbocycles. The number of nitrogens with zero attached hydrogens (tertiary/aromatic N) is 2. The monoisotopic (exact) mass is 409 g/mol. The number of hydrogen-bond donors (Lipinski definition) is 3. The summed E-state index contributed by atoms with van der Waals surface area (Å²) >= 11 is 0. The van der Waals surface area contributed by atoms with E-state index in [1.807, 2.05) is 18.2 Å². The van der Waals surface area contributed by atoms with E-state index in [2.05, 4.69) is 21.1 Å². The highest BCUT2D eigenvalue weighted by molar-refractivity contribution is 6.05. The van der Waals surface area contributed by atoms with E-state index >= 15 is 0 Å². The lowest BCUT2D eigenvalue weighted by Crippen LogP contribution is -2.61. The average Bonchev–Trinajstić information content (AvgIpc) is 3.34. The van der Waals surface area contributed by atoms with E-state index < -0.39 is 6.04 Å². The molecule has 2 saturated heterocycles.